The summed E-state index contributed by atoms with van der Waals surface area (Å²) < 4.78 is 0. The van der Waals surface area contributed by atoms with E-state index in [1.807, 2.05) is 20.8 Å². The predicted molar refractivity (Wildman–Crippen MR) is 67.2 cm³/mol. The number of anilines is 1. The fraction of sp³-hybridized carbons (Fsp3) is 0.500. The maximum atomic E-state index is 10.9. The lowest BCUT2D eigenvalue weighted by atomic mass is 10.0. The minimum Gasteiger partial charge on any atom is -0.394 e. The van der Waals surface area contributed by atoms with Crippen LogP contribution in [0.25, 0.3) is 0 Å². The van der Waals surface area contributed by atoms with Crippen LogP contribution in [0.2, 0.25) is 0 Å². The van der Waals surface area contributed by atoms with Gasteiger partial charge in [-0.3, -0.25) is 10.1 Å². The van der Waals surface area contributed by atoms with Gasteiger partial charge in [0.25, 0.3) is 5.69 Å². The molecule has 5 nitrogen and oxygen atoms in total. The maximum Gasteiger partial charge on any atom is 0.292 e. The number of benzene rings is 1. The first-order chi connectivity index (χ1) is 7.95. The number of nitrogens with zero attached hydrogens (tertiary/aromatic N) is 1. The molecule has 0 aliphatic rings. The molecule has 0 radical (unpaired) electrons. The summed E-state index contributed by atoms with van der Waals surface area (Å²) >= 11 is 0. The average Bonchev–Trinajstić information content (AvgIpc) is 2.25. The van der Waals surface area contributed by atoms with Crippen LogP contribution in [0, 0.1) is 23.0 Å². The van der Waals surface area contributed by atoms with Crippen LogP contribution in [0.15, 0.2) is 18.2 Å². The van der Waals surface area contributed by atoms with E-state index in [9.17, 15) is 15.2 Å². The van der Waals surface area contributed by atoms with E-state index in [0.717, 1.165) is 5.56 Å². The first-order valence-electron chi connectivity index (χ1n) is 5.58. The standard InChI is InChI=1S/C12H18N2O3/c1-8(2)11(7-15)13-10-6-9(3)4-5-12(10)14(16)17/h4-6,8,11,13,15H,7H2,1-3H3/t11-/m1/s1. The van der Waals surface area contributed by atoms with Crippen LogP contribution in [-0.2, 0) is 0 Å². The second-order valence-corrected chi connectivity index (χ2v) is 4.46. The second-order valence-electron chi connectivity index (χ2n) is 4.46. The number of nitro benzene ring substituents is 1. The monoisotopic (exact) mass is 238 g/mol. The largest absolute Gasteiger partial charge is 0.394 e. The van der Waals surface area contributed by atoms with Crippen LogP contribution < -0.4 is 5.32 Å². The van der Waals surface area contributed by atoms with Crippen LogP contribution in [0.5, 0.6) is 0 Å². The second kappa shape index (κ2) is 5.63. The van der Waals surface area contributed by atoms with Gasteiger partial charge < -0.3 is 10.4 Å². The third-order valence-corrected chi connectivity index (χ3v) is 2.69. The number of rotatable bonds is 5. The van der Waals surface area contributed by atoms with Gasteiger partial charge in [0.15, 0.2) is 0 Å². The molecule has 1 aromatic rings. The van der Waals surface area contributed by atoms with Gasteiger partial charge in [-0.2, -0.15) is 0 Å². The van der Waals surface area contributed by atoms with Crippen molar-refractivity contribution in [2.24, 2.45) is 5.92 Å². The number of aliphatic hydroxyl groups excluding tert-OH is 1. The van der Waals surface area contributed by atoms with Gasteiger partial charge in [0, 0.05) is 6.07 Å². The third-order valence-electron chi connectivity index (χ3n) is 2.69. The smallest absolute Gasteiger partial charge is 0.292 e. The molecule has 0 saturated carbocycles. The molecule has 0 aromatic heterocycles. The van der Waals surface area contributed by atoms with Crippen LogP contribution in [0.4, 0.5) is 11.4 Å². The Morgan fingerprint density at radius 1 is 1.47 bits per heavy atom. The summed E-state index contributed by atoms with van der Waals surface area (Å²) in [6, 6.07) is 4.72. The summed E-state index contributed by atoms with van der Waals surface area (Å²) in [5.41, 5.74) is 1.44. The highest BCUT2D eigenvalue weighted by Gasteiger charge is 2.18. The van der Waals surface area contributed by atoms with Crippen molar-refractivity contribution in [3.05, 3.63) is 33.9 Å². The van der Waals surface area contributed by atoms with Gasteiger partial charge in [0.1, 0.15) is 5.69 Å². The van der Waals surface area contributed by atoms with E-state index < -0.39 is 4.92 Å². The fourth-order valence-electron chi connectivity index (χ4n) is 1.55. The minimum absolute atomic E-state index is 0.0368. The molecule has 1 aromatic carbocycles. The topological polar surface area (TPSA) is 75.4 Å². The van der Waals surface area contributed by atoms with Gasteiger partial charge in [-0.1, -0.05) is 19.9 Å². The summed E-state index contributed by atoms with van der Waals surface area (Å²) in [7, 11) is 0. The first kappa shape index (κ1) is 13.4. The van der Waals surface area contributed by atoms with Crippen molar-refractivity contribution in [1.82, 2.24) is 0 Å². The molecule has 0 bridgehead atoms. The number of hydrogen-bond donors (Lipinski definition) is 2. The zero-order valence-corrected chi connectivity index (χ0v) is 10.3. The van der Waals surface area contributed by atoms with E-state index in [4.69, 9.17) is 0 Å². The zero-order valence-electron chi connectivity index (χ0n) is 10.3. The Balaban J connectivity index is 3.03. The SMILES string of the molecule is Cc1ccc([N+](=O)[O-])c(N[C@H](CO)C(C)C)c1. The number of nitro groups is 1. The van der Waals surface area contributed by atoms with E-state index in [0.29, 0.717) is 5.69 Å². The van der Waals surface area contributed by atoms with E-state index in [1.54, 1.807) is 12.1 Å². The maximum absolute atomic E-state index is 10.9. The van der Waals surface area contributed by atoms with Gasteiger partial charge in [-0.05, 0) is 24.5 Å². The Hall–Kier alpha value is -1.62. The molecule has 17 heavy (non-hydrogen) atoms. The van der Waals surface area contributed by atoms with Crippen LogP contribution in [0.3, 0.4) is 0 Å². The molecule has 1 atom stereocenters. The molecule has 2 N–H and O–H groups in total. The molecule has 0 unspecified atom stereocenters. The molecular formula is C12H18N2O3. The highest BCUT2D eigenvalue weighted by molar-refractivity contribution is 5.63. The Morgan fingerprint density at radius 3 is 2.59 bits per heavy atom. The van der Waals surface area contributed by atoms with Crippen LogP contribution >= 0.6 is 0 Å². The molecular weight excluding hydrogens is 220 g/mol. The van der Waals surface area contributed by atoms with Crippen molar-refractivity contribution in [3.8, 4) is 0 Å². The van der Waals surface area contributed by atoms with E-state index in [-0.39, 0.29) is 24.3 Å². The number of aryl methyl sites for hydroxylation is 1. The average molecular weight is 238 g/mol. The Morgan fingerprint density at radius 2 is 2.12 bits per heavy atom. The molecule has 5 heteroatoms. The lowest BCUT2D eigenvalue weighted by Crippen LogP contribution is -2.29. The number of nitrogens with one attached hydrogen (secondary N) is 1. The normalized spacial score (nSPS) is 12.5. The van der Waals surface area contributed by atoms with Crippen molar-refractivity contribution in [2.45, 2.75) is 26.8 Å². The lowest BCUT2D eigenvalue weighted by Gasteiger charge is -2.21. The molecule has 0 fully saturated rings. The Labute approximate surface area is 101 Å². The van der Waals surface area contributed by atoms with Crippen molar-refractivity contribution in [2.75, 3.05) is 11.9 Å². The van der Waals surface area contributed by atoms with Crippen LogP contribution in [-0.4, -0.2) is 22.7 Å². The highest BCUT2D eigenvalue weighted by Crippen LogP contribution is 2.26. The van der Waals surface area contributed by atoms with E-state index in [1.165, 1.54) is 6.07 Å². The van der Waals surface area contributed by atoms with Crippen molar-refractivity contribution in [3.63, 3.8) is 0 Å². The van der Waals surface area contributed by atoms with Gasteiger partial charge in [0.05, 0.1) is 17.6 Å². The Kier molecular flexibility index (Phi) is 4.45. The first-order valence-corrected chi connectivity index (χ1v) is 5.58. The van der Waals surface area contributed by atoms with Gasteiger partial charge >= 0.3 is 0 Å². The summed E-state index contributed by atoms with van der Waals surface area (Å²) in [5, 5.41) is 23.1. The Bertz CT molecular complexity index is 405. The molecule has 0 saturated heterocycles. The summed E-state index contributed by atoms with van der Waals surface area (Å²) in [6.45, 7) is 5.73. The van der Waals surface area contributed by atoms with Crippen LogP contribution in [0.1, 0.15) is 19.4 Å². The molecule has 0 aliphatic heterocycles. The predicted octanol–water partition coefficient (Wildman–Crippen LogP) is 2.33. The van der Waals surface area contributed by atoms with Crippen molar-refractivity contribution in [1.29, 1.82) is 0 Å². The molecule has 94 valence electrons. The molecule has 0 spiro atoms. The molecule has 0 heterocycles. The summed E-state index contributed by atoms with van der Waals surface area (Å²) in [4.78, 5) is 10.5. The quantitative estimate of drug-likeness (QED) is 0.609. The highest BCUT2D eigenvalue weighted by atomic mass is 16.6. The van der Waals surface area contributed by atoms with E-state index in [2.05, 4.69) is 5.32 Å². The minimum atomic E-state index is -0.420. The summed E-state index contributed by atoms with van der Waals surface area (Å²) in [5.74, 6) is 0.195. The number of aliphatic hydroxyl groups is 1. The number of hydrogen-bond acceptors (Lipinski definition) is 4. The molecule has 1 rings (SSSR count). The van der Waals surface area contributed by atoms with E-state index >= 15 is 0 Å². The molecule has 0 aliphatic carbocycles. The molecule has 0 amide bonds. The van der Waals surface area contributed by atoms with Gasteiger partial charge in [-0.15, -0.1) is 0 Å². The fourth-order valence-corrected chi connectivity index (χ4v) is 1.55. The van der Waals surface area contributed by atoms with Crippen molar-refractivity contribution < 1.29 is 10.0 Å². The van der Waals surface area contributed by atoms with Crippen molar-refractivity contribution >= 4 is 11.4 Å². The third kappa shape index (κ3) is 3.42. The lowest BCUT2D eigenvalue weighted by molar-refractivity contribution is -0.384. The van der Waals surface area contributed by atoms with Gasteiger partial charge in [-0.25, -0.2) is 0 Å². The zero-order chi connectivity index (χ0) is 13.0. The summed E-state index contributed by atoms with van der Waals surface area (Å²) in [6.07, 6.45) is 0. The van der Waals surface area contributed by atoms with Gasteiger partial charge in [0.2, 0.25) is 0 Å².